The number of allylic oxidation sites excluding steroid dienone is 4. The van der Waals surface area contributed by atoms with Gasteiger partial charge in [0, 0.05) is 30.6 Å². The molecule has 51 heavy (non-hydrogen) atoms. The van der Waals surface area contributed by atoms with Crippen LogP contribution in [0.1, 0.15) is 81.6 Å². The van der Waals surface area contributed by atoms with Gasteiger partial charge >= 0.3 is 5.97 Å². The van der Waals surface area contributed by atoms with Gasteiger partial charge in [0.05, 0.1) is 18.1 Å². The molecule has 5 rings (SSSR count). The Bertz CT molecular complexity index is 1570. The molecule has 0 amide bonds. The van der Waals surface area contributed by atoms with Crippen molar-refractivity contribution in [3.8, 4) is 0 Å². The minimum Gasteiger partial charge on any atom is -0.459 e. The lowest BCUT2D eigenvalue weighted by Gasteiger charge is -2.63. The van der Waals surface area contributed by atoms with Crippen molar-refractivity contribution >= 4 is 23.3 Å². The Labute approximate surface area is 298 Å². The normalized spacial score (nSPS) is 43.3. The molecule has 4 unspecified atom stereocenters. The van der Waals surface area contributed by atoms with E-state index in [2.05, 4.69) is 0 Å². The van der Waals surface area contributed by atoms with Crippen LogP contribution in [0.3, 0.4) is 0 Å². The molecule has 0 spiro atoms. The molecule has 4 aliphatic carbocycles. The van der Waals surface area contributed by atoms with Gasteiger partial charge in [-0.2, -0.15) is 0 Å². The molecule has 0 aromatic heterocycles. The van der Waals surface area contributed by atoms with E-state index in [9.17, 15) is 49.8 Å². The second kappa shape index (κ2) is 12.7. The highest BCUT2D eigenvalue weighted by Crippen LogP contribution is 2.73. The Morgan fingerprint density at radius 2 is 1.63 bits per heavy atom. The van der Waals surface area contributed by atoms with Crippen LogP contribution in [0.25, 0.3) is 0 Å². The average Bonchev–Trinajstić information content (AvgIpc) is 3.22. The summed E-state index contributed by atoms with van der Waals surface area (Å²) in [6.45, 7) is 14.2. The Morgan fingerprint density at radius 3 is 2.22 bits per heavy atom. The SMILES string of the molecule is CC(=O)OC(C)(C)/C=C/C(=O)C(C)(O)C1[C@H](O)C[C@@]2(C)C3CC=C4C(C=C(O[C@@H]5O[C@H](CO)[C@@H](O)[C@H](O)[C@H]5O)C(=O)C4(C)C)[C@]3(C)C(=O)C[C@]12C. The smallest absolute Gasteiger partial charge is 0.303 e. The molecule has 5 aliphatic rings. The van der Waals surface area contributed by atoms with Crippen LogP contribution in [0, 0.1) is 39.4 Å². The molecule has 1 heterocycles. The van der Waals surface area contributed by atoms with E-state index in [0.717, 1.165) is 6.08 Å². The van der Waals surface area contributed by atoms with Crippen molar-refractivity contribution in [1.82, 2.24) is 0 Å². The number of esters is 1. The van der Waals surface area contributed by atoms with Gasteiger partial charge in [0.2, 0.25) is 12.1 Å². The number of Topliss-reactive ketones (excluding diaryl/α,β-unsaturated/α-hetero) is 2. The predicted molar refractivity (Wildman–Crippen MR) is 180 cm³/mol. The fourth-order valence-electron chi connectivity index (χ4n) is 10.3. The fourth-order valence-corrected chi connectivity index (χ4v) is 10.3. The monoisotopic (exact) mass is 718 g/mol. The van der Waals surface area contributed by atoms with E-state index in [4.69, 9.17) is 14.2 Å². The Morgan fingerprint density at radius 1 is 1.00 bits per heavy atom. The van der Waals surface area contributed by atoms with Gasteiger partial charge in [0.15, 0.2) is 11.5 Å². The van der Waals surface area contributed by atoms with Crippen LogP contribution in [0.5, 0.6) is 0 Å². The maximum atomic E-state index is 14.8. The lowest BCUT2D eigenvalue weighted by molar-refractivity contribution is -0.291. The molecule has 13 atom stereocenters. The number of carbonyl (C=O) groups is 4. The summed E-state index contributed by atoms with van der Waals surface area (Å²) in [4.78, 5) is 53.9. The maximum absolute atomic E-state index is 14.8. The topological polar surface area (TPSA) is 217 Å². The molecule has 2 saturated carbocycles. The van der Waals surface area contributed by atoms with Gasteiger partial charge in [-0.1, -0.05) is 32.4 Å². The van der Waals surface area contributed by atoms with Crippen molar-refractivity contribution in [2.75, 3.05) is 6.61 Å². The van der Waals surface area contributed by atoms with Crippen LogP contribution in [0.2, 0.25) is 0 Å². The minimum absolute atomic E-state index is 0.0841. The zero-order valence-electron chi connectivity index (χ0n) is 30.9. The first kappa shape index (κ1) is 39.4. The largest absolute Gasteiger partial charge is 0.459 e. The van der Waals surface area contributed by atoms with Gasteiger partial charge in [-0.3, -0.25) is 19.2 Å². The van der Waals surface area contributed by atoms with Crippen molar-refractivity contribution in [2.24, 2.45) is 39.4 Å². The standard InChI is InChI=1S/C38H54O13/c1-18(40)51-33(2,3)13-12-25(42)38(9,48)30-21(41)15-35(6)24-11-10-19-20(37(24,8)26(43)16-36(30,35)7)14-22(31(47)34(19,4)5)49-32-29(46)28(45)27(44)23(17-39)50-32/h10,12-14,20-21,23-24,27-30,32,39,41,44-46,48H,11,15-17H2,1-9H3/b13-12+/t20?,21-,23-,24?,27-,28+,29-,30?,32-,35+,36-,37+,38?/m1/s1. The number of fused-ring (bicyclic) bond motifs is 5. The number of carbonyl (C=O) groups excluding carboxylic acids is 4. The molecule has 0 aromatic rings. The van der Waals surface area contributed by atoms with Gasteiger partial charge in [-0.15, -0.1) is 0 Å². The highest BCUT2D eigenvalue weighted by molar-refractivity contribution is 6.02. The third-order valence-electron chi connectivity index (χ3n) is 13.3. The summed E-state index contributed by atoms with van der Waals surface area (Å²) in [6, 6.07) is 0. The van der Waals surface area contributed by atoms with E-state index in [1.165, 1.54) is 19.9 Å². The lowest BCUT2D eigenvalue weighted by atomic mass is 9.39. The van der Waals surface area contributed by atoms with Crippen molar-refractivity contribution in [3.63, 3.8) is 0 Å². The van der Waals surface area contributed by atoms with Gasteiger partial charge in [0.25, 0.3) is 0 Å². The van der Waals surface area contributed by atoms with Crippen molar-refractivity contribution < 1.29 is 64.0 Å². The third kappa shape index (κ3) is 5.87. The molecular weight excluding hydrogens is 664 g/mol. The Balaban J connectivity index is 1.52. The highest BCUT2D eigenvalue weighted by Gasteiger charge is 2.74. The van der Waals surface area contributed by atoms with E-state index in [0.29, 0.717) is 12.0 Å². The van der Waals surface area contributed by atoms with E-state index < -0.39 is 112 Å². The molecule has 3 fully saturated rings. The van der Waals surface area contributed by atoms with Crippen LogP contribution in [0.4, 0.5) is 0 Å². The van der Waals surface area contributed by atoms with Crippen LogP contribution >= 0.6 is 0 Å². The number of hydrogen-bond acceptors (Lipinski definition) is 13. The van der Waals surface area contributed by atoms with Crippen molar-refractivity contribution in [2.45, 2.75) is 130 Å². The zero-order chi connectivity index (χ0) is 38.4. The molecule has 1 saturated heterocycles. The summed E-state index contributed by atoms with van der Waals surface area (Å²) in [5, 5.41) is 64.6. The van der Waals surface area contributed by atoms with Crippen LogP contribution in [0.15, 0.2) is 35.6 Å². The summed E-state index contributed by atoms with van der Waals surface area (Å²) in [6.07, 6.45) is -2.57. The molecule has 0 aromatic carbocycles. The first-order chi connectivity index (χ1) is 23.3. The van der Waals surface area contributed by atoms with E-state index >= 15 is 0 Å². The van der Waals surface area contributed by atoms with Gasteiger partial charge in [-0.25, -0.2) is 0 Å². The Hall–Kier alpha value is -2.78. The third-order valence-corrected chi connectivity index (χ3v) is 13.3. The number of rotatable bonds is 8. The molecule has 13 nitrogen and oxygen atoms in total. The predicted octanol–water partition coefficient (Wildman–Crippen LogP) is 1.45. The summed E-state index contributed by atoms with van der Waals surface area (Å²) in [7, 11) is 0. The number of aliphatic hydroxyl groups is 6. The molecule has 0 bridgehead atoms. The summed E-state index contributed by atoms with van der Waals surface area (Å²) in [5.74, 6) is -4.17. The molecule has 13 heteroatoms. The zero-order valence-corrected chi connectivity index (χ0v) is 30.9. The lowest BCUT2D eigenvalue weighted by Crippen LogP contribution is -2.64. The number of ether oxygens (including phenoxy) is 3. The quantitative estimate of drug-likeness (QED) is 0.119. The van der Waals surface area contributed by atoms with E-state index in [-0.39, 0.29) is 24.4 Å². The van der Waals surface area contributed by atoms with E-state index in [1.54, 1.807) is 33.8 Å². The van der Waals surface area contributed by atoms with E-state index in [1.807, 2.05) is 26.8 Å². The van der Waals surface area contributed by atoms with Crippen molar-refractivity contribution in [3.05, 3.63) is 35.6 Å². The van der Waals surface area contributed by atoms with Crippen LogP contribution < -0.4 is 0 Å². The number of aliphatic hydroxyl groups excluding tert-OH is 5. The number of ketones is 3. The Kier molecular flexibility index (Phi) is 9.80. The summed E-state index contributed by atoms with van der Waals surface area (Å²) >= 11 is 0. The summed E-state index contributed by atoms with van der Waals surface area (Å²) in [5.41, 5.74) is -6.62. The molecule has 6 N–H and O–H groups in total. The molecular formula is C38H54O13. The van der Waals surface area contributed by atoms with Gasteiger partial charge < -0.3 is 44.8 Å². The molecule has 1 aliphatic heterocycles. The van der Waals surface area contributed by atoms with Gasteiger partial charge in [0.1, 0.15) is 41.4 Å². The average molecular weight is 719 g/mol. The maximum Gasteiger partial charge on any atom is 0.303 e. The molecule has 284 valence electrons. The van der Waals surface area contributed by atoms with Crippen LogP contribution in [-0.2, 0) is 33.4 Å². The fraction of sp³-hybridized carbons (Fsp3) is 0.737. The minimum atomic E-state index is -2.09. The van der Waals surface area contributed by atoms with Crippen molar-refractivity contribution in [1.29, 1.82) is 0 Å². The van der Waals surface area contributed by atoms with Crippen LogP contribution in [-0.4, -0.2) is 109 Å². The second-order valence-corrected chi connectivity index (χ2v) is 17.2. The highest BCUT2D eigenvalue weighted by atomic mass is 16.7. The van der Waals surface area contributed by atoms with Gasteiger partial charge in [-0.05, 0) is 82.4 Å². The first-order valence-electron chi connectivity index (χ1n) is 17.6. The number of hydrogen-bond donors (Lipinski definition) is 6. The molecule has 0 radical (unpaired) electrons. The summed E-state index contributed by atoms with van der Waals surface area (Å²) < 4.78 is 16.7. The first-order valence-corrected chi connectivity index (χ1v) is 17.6. The second-order valence-electron chi connectivity index (χ2n) is 17.2.